The second-order valence-corrected chi connectivity index (χ2v) is 3.47. The van der Waals surface area contributed by atoms with E-state index in [2.05, 4.69) is 8.75 Å². The van der Waals surface area contributed by atoms with Crippen LogP contribution in [0.2, 0.25) is 5.15 Å². The minimum absolute atomic E-state index is 0.0531. The van der Waals surface area contributed by atoms with Crippen LogP contribution in [0.25, 0.3) is 0 Å². The van der Waals surface area contributed by atoms with Crippen molar-refractivity contribution in [2.75, 3.05) is 38.3 Å². The first kappa shape index (κ1) is 11.6. The molecule has 14 heavy (non-hydrogen) atoms. The smallest absolute Gasteiger partial charge is 0.187 e. The molecule has 0 amide bonds. The third kappa shape index (κ3) is 3.06. The lowest BCUT2D eigenvalue weighted by Gasteiger charge is -2.20. The van der Waals surface area contributed by atoms with Gasteiger partial charge in [0.1, 0.15) is 0 Å². The van der Waals surface area contributed by atoms with E-state index in [1.54, 1.807) is 7.11 Å². The van der Waals surface area contributed by atoms with Crippen LogP contribution >= 0.6 is 23.3 Å². The molecule has 0 bridgehead atoms. The van der Waals surface area contributed by atoms with E-state index in [0.717, 1.165) is 11.7 Å². The van der Waals surface area contributed by atoms with Gasteiger partial charge in [0, 0.05) is 20.2 Å². The summed E-state index contributed by atoms with van der Waals surface area (Å²) in [5, 5.41) is 9.23. The first-order valence-corrected chi connectivity index (χ1v) is 5.23. The number of aromatic nitrogens is 2. The van der Waals surface area contributed by atoms with Crippen LogP contribution in [0.3, 0.4) is 0 Å². The van der Waals surface area contributed by atoms with Gasteiger partial charge in [-0.3, -0.25) is 0 Å². The predicted octanol–water partition coefficient (Wildman–Crippen LogP) is 0.637. The number of hydrogen-bond acceptors (Lipinski definition) is 6. The number of aliphatic hydroxyl groups is 1. The molecule has 0 atom stereocenters. The highest BCUT2D eigenvalue weighted by Crippen LogP contribution is 2.22. The lowest BCUT2D eigenvalue weighted by Crippen LogP contribution is -2.30. The molecule has 0 saturated heterocycles. The zero-order chi connectivity index (χ0) is 10.4. The van der Waals surface area contributed by atoms with E-state index >= 15 is 0 Å². The molecule has 0 aliphatic rings. The highest BCUT2D eigenvalue weighted by atomic mass is 35.5. The van der Waals surface area contributed by atoms with Crippen molar-refractivity contribution in [2.45, 2.75) is 0 Å². The molecule has 7 heteroatoms. The maximum absolute atomic E-state index is 8.86. The molecule has 1 aromatic heterocycles. The van der Waals surface area contributed by atoms with Gasteiger partial charge in [-0.2, -0.15) is 8.75 Å². The molecule has 1 heterocycles. The number of anilines is 1. The summed E-state index contributed by atoms with van der Waals surface area (Å²) < 4.78 is 12.9. The van der Waals surface area contributed by atoms with Crippen LogP contribution in [0, 0.1) is 0 Å². The van der Waals surface area contributed by atoms with Crippen molar-refractivity contribution in [3.05, 3.63) is 5.15 Å². The molecule has 1 aromatic rings. The number of aliphatic hydroxyl groups excluding tert-OH is 1. The Balaban J connectivity index is 2.62. The average Bonchev–Trinajstić information content (AvgIpc) is 2.59. The molecule has 0 radical (unpaired) electrons. The van der Waals surface area contributed by atoms with Gasteiger partial charge < -0.3 is 14.7 Å². The van der Waals surface area contributed by atoms with E-state index in [-0.39, 0.29) is 6.61 Å². The Bertz CT molecular complexity index is 271. The highest BCUT2D eigenvalue weighted by molar-refractivity contribution is 6.99. The zero-order valence-electron chi connectivity index (χ0n) is 7.81. The Morgan fingerprint density at radius 1 is 1.50 bits per heavy atom. The molecular formula is C7H12ClN3O2S. The van der Waals surface area contributed by atoms with Crippen LogP contribution < -0.4 is 4.90 Å². The van der Waals surface area contributed by atoms with Crippen LogP contribution in [-0.4, -0.2) is 47.3 Å². The minimum atomic E-state index is 0.0531. The average molecular weight is 238 g/mol. The number of halogens is 1. The van der Waals surface area contributed by atoms with Crippen LogP contribution in [0.4, 0.5) is 5.82 Å². The number of rotatable bonds is 6. The molecule has 0 saturated carbocycles. The van der Waals surface area contributed by atoms with Crippen molar-refractivity contribution in [2.24, 2.45) is 0 Å². The summed E-state index contributed by atoms with van der Waals surface area (Å²) >= 11 is 6.88. The predicted molar refractivity (Wildman–Crippen MR) is 56.1 cm³/mol. The monoisotopic (exact) mass is 237 g/mol. The largest absolute Gasteiger partial charge is 0.395 e. The summed E-state index contributed by atoms with van der Waals surface area (Å²) in [5.41, 5.74) is 0. The Hall–Kier alpha value is -0.430. The van der Waals surface area contributed by atoms with E-state index < -0.39 is 0 Å². The summed E-state index contributed by atoms with van der Waals surface area (Å²) in [5.74, 6) is 0.614. The molecule has 0 aliphatic carbocycles. The summed E-state index contributed by atoms with van der Waals surface area (Å²) in [7, 11) is 1.62. The van der Waals surface area contributed by atoms with Crippen molar-refractivity contribution in [3.8, 4) is 0 Å². The van der Waals surface area contributed by atoms with E-state index in [0.29, 0.717) is 30.7 Å². The van der Waals surface area contributed by atoms with Gasteiger partial charge >= 0.3 is 0 Å². The second-order valence-electron chi connectivity index (χ2n) is 2.58. The van der Waals surface area contributed by atoms with Gasteiger partial charge in [0.25, 0.3) is 0 Å². The lowest BCUT2D eigenvalue weighted by molar-refractivity contribution is 0.202. The van der Waals surface area contributed by atoms with Gasteiger partial charge in [-0.25, -0.2) is 0 Å². The minimum Gasteiger partial charge on any atom is -0.395 e. The standard InChI is InChI=1S/C7H12ClN3O2S/c1-13-5-3-11(2-4-12)7-6(8)9-14-10-7/h12H,2-5H2,1H3. The third-order valence-electron chi connectivity index (χ3n) is 1.67. The Labute approximate surface area is 91.6 Å². The molecule has 5 nitrogen and oxygen atoms in total. The van der Waals surface area contributed by atoms with Crippen molar-refractivity contribution in [1.82, 2.24) is 8.75 Å². The number of ether oxygens (including phenoxy) is 1. The van der Waals surface area contributed by atoms with Crippen LogP contribution in [0.5, 0.6) is 0 Å². The molecule has 0 fully saturated rings. The van der Waals surface area contributed by atoms with Gasteiger partial charge in [-0.15, -0.1) is 0 Å². The summed E-state index contributed by atoms with van der Waals surface area (Å²) in [6.45, 7) is 1.74. The lowest BCUT2D eigenvalue weighted by atomic mass is 10.5. The Morgan fingerprint density at radius 3 is 2.79 bits per heavy atom. The fourth-order valence-corrected chi connectivity index (χ4v) is 1.79. The fraction of sp³-hybridized carbons (Fsp3) is 0.714. The Kier molecular flexibility index (Phi) is 5.10. The molecule has 1 rings (SSSR count). The van der Waals surface area contributed by atoms with E-state index in [1.807, 2.05) is 4.90 Å². The molecule has 0 unspecified atom stereocenters. The number of nitrogens with zero attached hydrogens (tertiary/aromatic N) is 3. The molecule has 80 valence electrons. The van der Waals surface area contributed by atoms with E-state index in [4.69, 9.17) is 21.4 Å². The first-order chi connectivity index (χ1) is 6.79. The maximum Gasteiger partial charge on any atom is 0.187 e. The van der Waals surface area contributed by atoms with Gasteiger partial charge in [0.05, 0.1) is 24.9 Å². The van der Waals surface area contributed by atoms with Crippen LogP contribution in [0.15, 0.2) is 0 Å². The second kappa shape index (κ2) is 6.13. The molecule has 0 aromatic carbocycles. The molecule has 0 aliphatic heterocycles. The fourth-order valence-electron chi connectivity index (χ4n) is 1.01. The molecule has 1 N–H and O–H groups in total. The van der Waals surface area contributed by atoms with Crippen LogP contribution in [0.1, 0.15) is 0 Å². The quantitative estimate of drug-likeness (QED) is 0.787. The third-order valence-corrected chi connectivity index (χ3v) is 2.54. The zero-order valence-corrected chi connectivity index (χ0v) is 9.38. The van der Waals surface area contributed by atoms with Gasteiger partial charge in [-0.05, 0) is 0 Å². The van der Waals surface area contributed by atoms with Crippen molar-refractivity contribution >= 4 is 29.1 Å². The van der Waals surface area contributed by atoms with Gasteiger partial charge in [0.15, 0.2) is 11.0 Å². The Morgan fingerprint density at radius 2 is 2.29 bits per heavy atom. The maximum atomic E-state index is 8.86. The van der Waals surface area contributed by atoms with Gasteiger partial charge in [-0.1, -0.05) is 11.6 Å². The van der Waals surface area contributed by atoms with E-state index in [9.17, 15) is 0 Å². The molecular weight excluding hydrogens is 226 g/mol. The first-order valence-electron chi connectivity index (χ1n) is 4.12. The summed E-state index contributed by atoms with van der Waals surface area (Å²) in [6, 6.07) is 0. The van der Waals surface area contributed by atoms with Gasteiger partial charge in [0.2, 0.25) is 0 Å². The summed E-state index contributed by atoms with van der Waals surface area (Å²) in [4.78, 5) is 1.84. The van der Waals surface area contributed by atoms with Crippen molar-refractivity contribution in [3.63, 3.8) is 0 Å². The normalized spacial score (nSPS) is 10.5. The SMILES string of the molecule is COCCN(CCO)c1nsnc1Cl. The summed E-state index contributed by atoms with van der Waals surface area (Å²) in [6.07, 6.45) is 0. The highest BCUT2D eigenvalue weighted by Gasteiger charge is 2.13. The number of methoxy groups -OCH3 is 1. The topological polar surface area (TPSA) is 58.5 Å². The van der Waals surface area contributed by atoms with Crippen LogP contribution in [-0.2, 0) is 4.74 Å². The number of hydrogen-bond donors (Lipinski definition) is 1. The van der Waals surface area contributed by atoms with E-state index in [1.165, 1.54) is 0 Å². The van der Waals surface area contributed by atoms with Crippen molar-refractivity contribution in [1.29, 1.82) is 0 Å². The van der Waals surface area contributed by atoms with Crippen molar-refractivity contribution < 1.29 is 9.84 Å². The molecule has 0 spiro atoms.